The molecule has 4 rings (SSSR count). The average Bonchev–Trinajstić information content (AvgIpc) is 3.04. The fraction of sp³-hybridized carbons (Fsp3) is 0.211. The van der Waals surface area contributed by atoms with Crippen LogP contribution in [0.15, 0.2) is 42.5 Å². The summed E-state index contributed by atoms with van der Waals surface area (Å²) in [6.45, 7) is 3.97. The minimum atomic E-state index is -0.760. The molecule has 2 aliphatic rings. The zero-order chi connectivity index (χ0) is 17.7. The largest absolute Gasteiger partial charge is 0.490 e. The van der Waals surface area contributed by atoms with Gasteiger partial charge in [0.2, 0.25) is 0 Å². The van der Waals surface area contributed by atoms with Gasteiger partial charge in [-0.2, -0.15) is 0 Å². The van der Waals surface area contributed by atoms with Crippen molar-refractivity contribution in [2.45, 2.75) is 25.9 Å². The van der Waals surface area contributed by atoms with Crippen LogP contribution in [0, 0.1) is 0 Å². The second kappa shape index (κ2) is 5.44. The molecule has 0 fully saturated rings. The van der Waals surface area contributed by atoms with Gasteiger partial charge in [-0.25, -0.2) is 4.79 Å². The number of imide groups is 1. The topological polar surface area (TPSA) is 72.9 Å². The number of carbonyl (C=O) groups excluding carboxylic acids is 3. The van der Waals surface area contributed by atoms with Crippen LogP contribution in [0.3, 0.4) is 0 Å². The van der Waals surface area contributed by atoms with Crippen LogP contribution in [0.5, 0.6) is 5.75 Å². The molecule has 25 heavy (non-hydrogen) atoms. The van der Waals surface area contributed by atoms with Crippen LogP contribution in [0.25, 0.3) is 0 Å². The molecule has 0 aromatic heterocycles. The van der Waals surface area contributed by atoms with Crippen LogP contribution in [-0.2, 0) is 4.84 Å². The van der Waals surface area contributed by atoms with E-state index < -0.39 is 17.8 Å². The molecule has 2 atom stereocenters. The van der Waals surface area contributed by atoms with Crippen molar-refractivity contribution >= 4 is 17.8 Å². The third-order valence-corrected chi connectivity index (χ3v) is 4.68. The van der Waals surface area contributed by atoms with E-state index in [0.29, 0.717) is 5.06 Å². The first-order chi connectivity index (χ1) is 12.0. The maximum absolute atomic E-state index is 12.4. The smallest absolute Gasteiger partial charge is 0.363 e. The summed E-state index contributed by atoms with van der Waals surface area (Å²) in [6, 6.07) is 11.3. The first kappa shape index (κ1) is 15.4. The fourth-order valence-corrected chi connectivity index (χ4v) is 3.08. The predicted molar refractivity (Wildman–Crippen MR) is 87.3 cm³/mol. The Balaban J connectivity index is 1.58. The standard InChI is InChI=1S/C19H15NO5/c1-10-11(2)24-16-8-7-12(9-15(10)16)19(23)25-20-17(21)13-5-3-4-6-14(13)18(20)22/h3-11H,1-2H3. The van der Waals surface area contributed by atoms with Crippen molar-refractivity contribution in [1.29, 1.82) is 0 Å². The Morgan fingerprint density at radius 2 is 1.68 bits per heavy atom. The zero-order valence-corrected chi connectivity index (χ0v) is 13.7. The summed E-state index contributed by atoms with van der Waals surface area (Å²) in [6.07, 6.45) is 0.0255. The van der Waals surface area contributed by atoms with Gasteiger partial charge in [-0.15, -0.1) is 0 Å². The molecule has 2 aromatic rings. The first-order valence-electron chi connectivity index (χ1n) is 7.98. The van der Waals surface area contributed by atoms with Gasteiger partial charge in [-0.05, 0) is 37.3 Å². The fourth-order valence-electron chi connectivity index (χ4n) is 3.08. The number of nitrogens with zero attached hydrogens (tertiary/aromatic N) is 1. The van der Waals surface area contributed by atoms with Gasteiger partial charge >= 0.3 is 5.97 Å². The molecule has 0 spiro atoms. The summed E-state index contributed by atoms with van der Waals surface area (Å²) in [5.41, 5.74) is 1.62. The van der Waals surface area contributed by atoms with E-state index in [1.54, 1.807) is 30.3 Å². The van der Waals surface area contributed by atoms with E-state index >= 15 is 0 Å². The number of ether oxygens (including phenoxy) is 1. The number of fused-ring (bicyclic) bond motifs is 2. The summed E-state index contributed by atoms with van der Waals surface area (Å²) in [4.78, 5) is 42.0. The molecule has 2 aromatic carbocycles. The minimum absolute atomic E-state index is 0.0255. The lowest BCUT2D eigenvalue weighted by atomic mass is 9.97. The molecule has 0 radical (unpaired) electrons. The van der Waals surface area contributed by atoms with E-state index in [1.165, 1.54) is 12.1 Å². The molecular weight excluding hydrogens is 322 g/mol. The van der Waals surface area contributed by atoms with Crippen LogP contribution in [0.2, 0.25) is 0 Å². The van der Waals surface area contributed by atoms with Crippen molar-refractivity contribution in [3.63, 3.8) is 0 Å². The average molecular weight is 337 g/mol. The Morgan fingerprint density at radius 3 is 2.32 bits per heavy atom. The number of rotatable bonds is 2. The number of hydrogen-bond donors (Lipinski definition) is 0. The van der Waals surface area contributed by atoms with Crippen LogP contribution < -0.4 is 4.74 Å². The van der Waals surface area contributed by atoms with Crippen LogP contribution >= 0.6 is 0 Å². The third kappa shape index (κ3) is 2.29. The molecule has 0 saturated heterocycles. The second-order valence-electron chi connectivity index (χ2n) is 6.19. The van der Waals surface area contributed by atoms with Crippen molar-refractivity contribution in [2.24, 2.45) is 0 Å². The van der Waals surface area contributed by atoms with E-state index in [9.17, 15) is 14.4 Å². The van der Waals surface area contributed by atoms with Crippen molar-refractivity contribution in [2.75, 3.05) is 0 Å². The summed E-state index contributed by atoms with van der Waals surface area (Å²) < 4.78 is 5.69. The number of carbonyl (C=O) groups is 3. The van der Waals surface area contributed by atoms with Gasteiger partial charge in [-0.1, -0.05) is 24.1 Å². The molecule has 2 heterocycles. The summed E-state index contributed by atoms with van der Waals surface area (Å²) >= 11 is 0. The maximum Gasteiger partial charge on any atom is 0.363 e. The molecule has 0 aliphatic carbocycles. The lowest BCUT2D eigenvalue weighted by Crippen LogP contribution is -2.32. The highest BCUT2D eigenvalue weighted by molar-refractivity contribution is 6.21. The molecule has 2 amide bonds. The summed E-state index contributed by atoms with van der Waals surface area (Å²) in [5, 5.41) is 0.517. The second-order valence-corrected chi connectivity index (χ2v) is 6.19. The van der Waals surface area contributed by atoms with E-state index in [-0.39, 0.29) is 28.7 Å². The van der Waals surface area contributed by atoms with Crippen LogP contribution in [0.4, 0.5) is 0 Å². The van der Waals surface area contributed by atoms with Gasteiger partial charge in [0.25, 0.3) is 11.8 Å². The number of hydrogen-bond acceptors (Lipinski definition) is 5. The van der Waals surface area contributed by atoms with Gasteiger partial charge < -0.3 is 9.57 Å². The molecule has 2 unspecified atom stereocenters. The highest BCUT2D eigenvalue weighted by atomic mass is 16.7. The Labute approximate surface area is 143 Å². The van der Waals surface area contributed by atoms with Gasteiger partial charge in [0.1, 0.15) is 11.9 Å². The molecular formula is C19H15NO5. The Kier molecular flexibility index (Phi) is 3.35. The van der Waals surface area contributed by atoms with Gasteiger partial charge in [-0.3, -0.25) is 9.59 Å². The third-order valence-electron chi connectivity index (χ3n) is 4.68. The molecule has 0 saturated carbocycles. The lowest BCUT2D eigenvalue weighted by Gasteiger charge is -2.13. The molecule has 126 valence electrons. The van der Waals surface area contributed by atoms with E-state index in [2.05, 4.69) is 0 Å². The molecule has 0 bridgehead atoms. The van der Waals surface area contributed by atoms with Crippen molar-refractivity contribution in [1.82, 2.24) is 5.06 Å². The SMILES string of the molecule is CC1Oc2ccc(C(=O)ON3C(=O)c4ccccc4C3=O)cc2C1C. The highest BCUT2D eigenvalue weighted by Gasteiger charge is 2.39. The lowest BCUT2D eigenvalue weighted by molar-refractivity contribution is -0.0584. The number of amides is 2. The molecule has 2 aliphatic heterocycles. The molecule has 0 N–H and O–H groups in total. The summed E-state index contributed by atoms with van der Waals surface area (Å²) in [5.74, 6) is -1.16. The van der Waals surface area contributed by atoms with Crippen molar-refractivity contribution in [3.05, 3.63) is 64.7 Å². The molecule has 6 nitrogen and oxygen atoms in total. The van der Waals surface area contributed by atoms with E-state index in [0.717, 1.165) is 11.3 Å². The summed E-state index contributed by atoms with van der Waals surface area (Å²) in [7, 11) is 0. The van der Waals surface area contributed by atoms with E-state index in [1.807, 2.05) is 13.8 Å². The van der Waals surface area contributed by atoms with Crippen molar-refractivity contribution < 1.29 is 24.0 Å². The number of benzene rings is 2. The van der Waals surface area contributed by atoms with E-state index in [4.69, 9.17) is 9.57 Å². The normalized spacial score (nSPS) is 21.0. The van der Waals surface area contributed by atoms with Crippen LogP contribution in [-0.4, -0.2) is 29.0 Å². The number of hydroxylamine groups is 2. The minimum Gasteiger partial charge on any atom is -0.490 e. The molecule has 6 heteroatoms. The van der Waals surface area contributed by atoms with Crippen molar-refractivity contribution in [3.8, 4) is 5.75 Å². The Bertz CT molecular complexity index is 885. The van der Waals surface area contributed by atoms with Crippen LogP contribution in [0.1, 0.15) is 56.4 Å². The highest BCUT2D eigenvalue weighted by Crippen LogP contribution is 2.38. The Morgan fingerprint density at radius 1 is 1.04 bits per heavy atom. The maximum atomic E-state index is 12.4. The first-order valence-corrected chi connectivity index (χ1v) is 7.98. The predicted octanol–water partition coefficient (Wildman–Crippen LogP) is 2.94. The monoisotopic (exact) mass is 337 g/mol. The van der Waals surface area contributed by atoms with Gasteiger partial charge in [0.05, 0.1) is 16.7 Å². The quantitative estimate of drug-likeness (QED) is 0.788. The Hall–Kier alpha value is -3.15. The zero-order valence-electron chi connectivity index (χ0n) is 13.7. The van der Waals surface area contributed by atoms with Gasteiger partial charge in [0, 0.05) is 11.5 Å². The van der Waals surface area contributed by atoms with Gasteiger partial charge in [0.15, 0.2) is 0 Å².